The summed E-state index contributed by atoms with van der Waals surface area (Å²) in [6.07, 6.45) is -2.09. The summed E-state index contributed by atoms with van der Waals surface area (Å²) in [5, 5.41) is 22.1. The Balaban J connectivity index is 2.02. The molecule has 0 bridgehead atoms. The number of amides is 1. The molecule has 2 rings (SSSR count). The van der Waals surface area contributed by atoms with E-state index >= 15 is 0 Å². The maximum Gasteiger partial charge on any atom is 0.251 e. The Hall–Kier alpha value is -1.43. The van der Waals surface area contributed by atoms with E-state index < -0.39 is 24.5 Å². The number of hydrogen-bond acceptors (Lipinski definition) is 4. The average molecular weight is 251 g/mol. The van der Waals surface area contributed by atoms with Crippen LogP contribution in [0.5, 0.6) is 0 Å². The molecular formula is C13H17NO4. The third kappa shape index (κ3) is 2.87. The molecule has 1 aromatic carbocycles. The summed E-state index contributed by atoms with van der Waals surface area (Å²) < 4.78 is 5.07. The first-order chi connectivity index (χ1) is 8.58. The first-order valence-corrected chi connectivity index (χ1v) is 5.95. The molecule has 98 valence electrons. The van der Waals surface area contributed by atoms with Crippen molar-refractivity contribution in [1.82, 2.24) is 5.32 Å². The molecule has 3 N–H and O–H groups in total. The molecule has 18 heavy (non-hydrogen) atoms. The van der Waals surface area contributed by atoms with Gasteiger partial charge in [-0.3, -0.25) is 4.79 Å². The lowest BCUT2D eigenvalue weighted by Gasteiger charge is -2.36. The van der Waals surface area contributed by atoms with Crippen LogP contribution in [-0.2, 0) is 4.74 Å². The average Bonchev–Trinajstić information content (AvgIpc) is 2.36. The van der Waals surface area contributed by atoms with Gasteiger partial charge in [-0.05, 0) is 19.1 Å². The van der Waals surface area contributed by atoms with E-state index in [1.54, 1.807) is 31.2 Å². The van der Waals surface area contributed by atoms with E-state index in [4.69, 9.17) is 4.74 Å². The van der Waals surface area contributed by atoms with Gasteiger partial charge in [0.15, 0.2) is 6.29 Å². The van der Waals surface area contributed by atoms with Crippen molar-refractivity contribution in [2.75, 3.05) is 0 Å². The van der Waals surface area contributed by atoms with Gasteiger partial charge >= 0.3 is 0 Å². The molecule has 1 heterocycles. The van der Waals surface area contributed by atoms with Gasteiger partial charge in [0.05, 0.1) is 12.1 Å². The summed E-state index contributed by atoms with van der Waals surface area (Å²) in [5.41, 5.74) is 0.526. The first-order valence-electron chi connectivity index (χ1n) is 5.95. The van der Waals surface area contributed by atoms with Crippen molar-refractivity contribution in [3.05, 3.63) is 35.9 Å². The van der Waals surface area contributed by atoms with Gasteiger partial charge < -0.3 is 20.3 Å². The van der Waals surface area contributed by atoms with Gasteiger partial charge in [-0.25, -0.2) is 0 Å². The third-order valence-corrected chi connectivity index (χ3v) is 3.07. The minimum Gasteiger partial charge on any atom is -0.388 e. The van der Waals surface area contributed by atoms with E-state index in [9.17, 15) is 15.0 Å². The molecule has 0 aliphatic carbocycles. The van der Waals surface area contributed by atoms with Gasteiger partial charge in [0, 0.05) is 12.0 Å². The SMILES string of the molecule is C[C@@H]1O[C@@H](O)C[C@H](NC(=O)c2ccccc2)[C@@H]1O. The van der Waals surface area contributed by atoms with Gasteiger partial charge in [0.1, 0.15) is 6.10 Å². The van der Waals surface area contributed by atoms with Crippen molar-refractivity contribution in [2.45, 2.75) is 37.9 Å². The fourth-order valence-electron chi connectivity index (χ4n) is 2.05. The van der Waals surface area contributed by atoms with Crippen molar-refractivity contribution in [2.24, 2.45) is 0 Å². The second-order valence-corrected chi connectivity index (χ2v) is 4.47. The number of nitrogens with one attached hydrogen (secondary N) is 1. The molecule has 1 saturated heterocycles. The minimum atomic E-state index is -0.954. The maximum absolute atomic E-state index is 11.9. The van der Waals surface area contributed by atoms with E-state index in [0.29, 0.717) is 5.56 Å². The standard InChI is InChI=1S/C13H17NO4/c1-8-12(16)10(7-11(15)18-8)14-13(17)9-5-3-2-4-6-9/h2-6,8,10-12,15-16H,7H2,1H3,(H,14,17)/t8-,10-,11+,12+/m0/s1. The van der Waals surface area contributed by atoms with Crippen LogP contribution in [0.15, 0.2) is 30.3 Å². The van der Waals surface area contributed by atoms with Crippen molar-refractivity contribution >= 4 is 5.91 Å². The highest BCUT2D eigenvalue weighted by atomic mass is 16.6. The molecule has 5 heteroatoms. The molecule has 0 radical (unpaired) electrons. The predicted molar refractivity (Wildman–Crippen MR) is 64.9 cm³/mol. The molecule has 1 fully saturated rings. The van der Waals surface area contributed by atoms with Crippen molar-refractivity contribution in [3.63, 3.8) is 0 Å². The van der Waals surface area contributed by atoms with Crippen LogP contribution in [0.3, 0.4) is 0 Å². The van der Waals surface area contributed by atoms with Crippen LogP contribution in [-0.4, -0.2) is 40.7 Å². The van der Waals surface area contributed by atoms with Crippen LogP contribution in [0, 0.1) is 0 Å². The molecule has 1 amide bonds. The van der Waals surface area contributed by atoms with Gasteiger partial charge in [-0.15, -0.1) is 0 Å². The largest absolute Gasteiger partial charge is 0.388 e. The molecule has 1 aliphatic heterocycles. The van der Waals surface area contributed by atoms with Gasteiger partial charge in [0.25, 0.3) is 5.91 Å². The number of rotatable bonds is 2. The zero-order chi connectivity index (χ0) is 13.1. The van der Waals surface area contributed by atoms with Crippen LogP contribution in [0.1, 0.15) is 23.7 Å². The summed E-state index contributed by atoms with van der Waals surface area (Å²) >= 11 is 0. The summed E-state index contributed by atoms with van der Waals surface area (Å²) in [4.78, 5) is 11.9. The summed E-state index contributed by atoms with van der Waals surface area (Å²) in [6.45, 7) is 1.66. The molecule has 0 saturated carbocycles. The Bertz CT molecular complexity index is 409. The van der Waals surface area contributed by atoms with E-state index in [2.05, 4.69) is 5.32 Å². The van der Waals surface area contributed by atoms with Crippen LogP contribution < -0.4 is 5.32 Å². The Morgan fingerprint density at radius 1 is 1.33 bits per heavy atom. The lowest BCUT2D eigenvalue weighted by atomic mass is 9.99. The second kappa shape index (κ2) is 5.48. The van der Waals surface area contributed by atoms with Crippen molar-refractivity contribution < 1.29 is 19.7 Å². The van der Waals surface area contributed by atoms with Crippen LogP contribution in [0.2, 0.25) is 0 Å². The summed E-state index contributed by atoms with van der Waals surface area (Å²) in [5.74, 6) is -0.263. The molecule has 0 unspecified atom stereocenters. The number of carbonyl (C=O) groups is 1. The monoisotopic (exact) mass is 251 g/mol. The first kappa shape index (κ1) is 13.0. The lowest BCUT2D eigenvalue weighted by Crippen LogP contribution is -2.54. The number of hydrogen-bond donors (Lipinski definition) is 3. The second-order valence-electron chi connectivity index (χ2n) is 4.47. The van der Waals surface area contributed by atoms with Crippen LogP contribution >= 0.6 is 0 Å². The summed E-state index contributed by atoms with van der Waals surface area (Å²) in [7, 11) is 0. The van der Waals surface area contributed by atoms with E-state index in [-0.39, 0.29) is 12.3 Å². The Morgan fingerprint density at radius 3 is 2.67 bits per heavy atom. The smallest absolute Gasteiger partial charge is 0.251 e. The maximum atomic E-state index is 11.9. The highest BCUT2D eigenvalue weighted by Crippen LogP contribution is 2.19. The van der Waals surface area contributed by atoms with E-state index in [1.165, 1.54) is 0 Å². The van der Waals surface area contributed by atoms with Gasteiger partial charge in [-0.1, -0.05) is 18.2 Å². The Morgan fingerprint density at radius 2 is 2.00 bits per heavy atom. The molecular weight excluding hydrogens is 234 g/mol. The van der Waals surface area contributed by atoms with Crippen molar-refractivity contribution in [1.29, 1.82) is 0 Å². The Kier molecular flexibility index (Phi) is 3.96. The zero-order valence-corrected chi connectivity index (χ0v) is 10.1. The molecule has 1 aliphatic rings. The molecule has 0 spiro atoms. The molecule has 5 nitrogen and oxygen atoms in total. The van der Waals surface area contributed by atoms with E-state index in [0.717, 1.165) is 0 Å². The number of aliphatic hydroxyl groups is 2. The fourth-order valence-corrected chi connectivity index (χ4v) is 2.05. The number of aliphatic hydroxyl groups excluding tert-OH is 2. The van der Waals surface area contributed by atoms with Crippen molar-refractivity contribution in [3.8, 4) is 0 Å². The van der Waals surface area contributed by atoms with Gasteiger partial charge in [-0.2, -0.15) is 0 Å². The third-order valence-electron chi connectivity index (χ3n) is 3.07. The zero-order valence-electron chi connectivity index (χ0n) is 10.1. The lowest BCUT2D eigenvalue weighted by molar-refractivity contribution is -0.201. The molecule has 4 atom stereocenters. The number of ether oxygens (including phenoxy) is 1. The normalized spacial score (nSPS) is 31.9. The summed E-state index contributed by atoms with van der Waals surface area (Å²) in [6, 6.07) is 8.25. The highest BCUT2D eigenvalue weighted by Gasteiger charge is 2.35. The fraction of sp³-hybridized carbons (Fsp3) is 0.462. The quantitative estimate of drug-likeness (QED) is 0.705. The topological polar surface area (TPSA) is 78.8 Å². The predicted octanol–water partition coefficient (Wildman–Crippen LogP) is 0.273. The highest BCUT2D eigenvalue weighted by molar-refractivity contribution is 5.94. The van der Waals surface area contributed by atoms with E-state index in [1.807, 2.05) is 6.07 Å². The Labute approximate surface area is 105 Å². The minimum absolute atomic E-state index is 0.185. The molecule has 0 aromatic heterocycles. The van der Waals surface area contributed by atoms with Crippen LogP contribution in [0.4, 0.5) is 0 Å². The number of benzene rings is 1. The van der Waals surface area contributed by atoms with Gasteiger partial charge in [0.2, 0.25) is 0 Å². The van der Waals surface area contributed by atoms with Crippen LogP contribution in [0.25, 0.3) is 0 Å². The molecule has 1 aromatic rings. The number of carbonyl (C=O) groups excluding carboxylic acids is 1.